The van der Waals surface area contributed by atoms with Crippen LogP contribution in [-0.4, -0.2) is 92.1 Å². The number of phosphoric acid groups is 1. The second-order valence-electron chi connectivity index (χ2n) is 13.3. The number of halogens is 2. The van der Waals surface area contributed by atoms with E-state index in [2.05, 4.69) is 15.0 Å². The lowest BCUT2D eigenvalue weighted by Gasteiger charge is -2.32. The number of phosphoric ester groups is 1. The number of quaternary nitrogens is 1. The minimum Gasteiger partial charge on any atom is -0.756 e. The van der Waals surface area contributed by atoms with Crippen molar-refractivity contribution in [2.45, 2.75) is 55.0 Å². The van der Waals surface area contributed by atoms with Crippen molar-refractivity contribution in [3.8, 4) is 11.5 Å². The van der Waals surface area contributed by atoms with E-state index < -0.39 is 94.3 Å². The molecule has 10 atom stereocenters. The molecule has 7 N–H and O–H groups in total. The maximum atomic E-state index is 16.4. The molecule has 3 saturated heterocycles. The van der Waals surface area contributed by atoms with E-state index in [0.717, 1.165) is 29.5 Å². The third-order valence-corrected chi connectivity index (χ3v) is 14.1. The topological polar surface area (TPSA) is 309 Å². The first kappa shape index (κ1) is 44.2. The monoisotopic (exact) mass is 912 g/mol. The van der Waals surface area contributed by atoms with Gasteiger partial charge in [-0.15, -0.1) is 0 Å². The van der Waals surface area contributed by atoms with Gasteiger partial charge in [0.25, 0.3) is 13.4 Å². The molecule has 0 spiro atoms. The molecule has 6 heterocycles. The van der Waals surface area contributed by atoms with Gasteiger partial charge in [-0.3, -0.25) is 32.5 Å². The van der Waals surface area contributed by atoms with Gasteiger partial charge in [-0.25, -0.2) is 37.9 Å². The lowest BCUT2D eigenvalue weighted by Crippen LogP contribution is -2.38. The van der Waals surface area contributed by atoms with Crippen molar-refractivity contribution in [1.82, 2.24) is 35.2 Å². The van der Waals surface area contributed by atoms with Gasteiger partial charge in [-0.2, -0.15) is 0 Å². The van der Waals surface area contributed by atoms with E-state index in [-0.39, 0.29) is 40.2 Å². The van der Waals surface area contributed by atoms with E-state index in [1.165, 1.54) is 31.4 Å². The number of nitrogens with two attached hydrogens (primary N) is 1. The third-order valence-electron chi connectivity index (χ3n) is 9.46. The number of hydrogen-bond donors (Lipinski definition) is 3. The molecule has 2 unspecified atom stereocenters. The number of aromatic nitrogens is 6. The molecule has 3 fully saturated rings. The molecule has 326 valence electrons. The Morgan fingerprint density at radius 3 is 2.23 bits per heavy atom. The molecule has 5 aromatic rings. The number of carbonyl (C=O) groups excluding carboxylic acids is 1. The SMILES string of the molecule is COc1ccc(C(=O)Oc2ccc(CSP3(=O)OC[C@H]4O[C@@H](n5cnc6c(N)ncnc65)[C@H](F)[C@@H]4OP(=O)([O-])OC[C@H]4O[C@@H](n5ccc(=O)[nH]c5=O)[C@H](F)[C@@H]4O3)cc2)cc1.[NH4+]. The summed E-state index contributed by atoms with van der Waals surface area (Å²) in [5, 5.41) is 0. The molecule has 0 amide bonds. The Balaban J connectivity index is 0.00000561. The van der Waals surface area contributed by atoms with Crippen LogP contribution in [0.15, 0.2) is 83.0 Å². The lowest BCUT2D eigenvalue weighted by atomic mass is 10.1. The van der Waals surface area contributed by atoms with Crippen molar-refractivity contribution in [2.75, 3.05) is 26.1 Å². The van der Waals surface area contributed by atoms with Gasteiger partial charge >= 0.3 is 18.5 Å². The molecule has 0 aliphatic carbocycles. The standard InChI is InChI=1S/C34H33F2N7O14P2S.H3N/c1-50-19-8-4-18(5-9-19)33(45)53-20-6-2-17(3-7-20)14-60-59(49)52-13-22-27(24(35)32(55-22)43-16-40-26-29(37)38-15-39-30(26)43)56-58(47,48)51-12-21-28(57-59)25(36)31(54-21)42-11-10-23(44)41-34(42)46;/h2-11,15-16,21-22,24-25,27-28,31-32H,12-14H2,1H3,(H,47,48)(H2,37,38,39)(H,41,44,46);1H3/t21-,22-,24-,25-,27-,28-,31-,32-,59?;/m1./s1. The summed E-state index contributed by atoms with van der Waals surface area (Å²) in [6.07, 6.45) is -12.1. The third kappa shape index (κ3) is 9.32. The van der Waals surface area contributed by atoms with E-state index in [9.17, 15) is 28.4 Å². The van der Waals surface area contributed by atoms with Crippen molar-refractivity contribution in [2.24, 2.45) is 0 Å². The number of carbonyl (C=O) groups is 1. The van der Waals surface area contributed by atoms with Gasteiger partial charge in [0.2, 0.25) is 0 Å². The molecule has 22 nitrogen and oxygen atoms in total. The number of esters is 1. The van der Waals surface area contributed by atoms with Crippen molar-refractivity contribution < 1.29 is 64.6 Å². The predicted octanol–water partition coefficient (Wildman–Crippen LogP) is 3.36. The van der Waals surface area contributed by atoms with Crippen LogP contribution in [0.1, 0.15) is 28.4 Å². The number of nitrogen functional groups attached to an aromatic ring is 1. The number of fused-ring (bicyclic) bond motifs is 3. The molecule has 0 bridgehead atoms. The van der Waals surface area contributed by atoms with Crippen LogP contribution in [0.25, 0.3) is 11.2 Å². The summed E-state index contributed by atoms with van der Waals surface area (Å²) in [7, 11) is -3.99. The van der Waals surface area contributed by atoms with Crippen LogP contribution in [0.3, 0.4) is 0 Å². The number of nitrogens with one attached hydrogen (secondary N) is 1. The highest BCUT2D eigenvalue weighted by Crippen LogP contribution is 2.64. The lowest BCUT2D eigenvalue weighted by molar-refractivity contribution is -0.235. The second kappa shape index (κ2) is 17.8. The van der Waals surface area contributed by atoms with Crippen molar-refractivity contribution >= 4 is 49.0 Å². The van der Waals surface area contributed by atoms with Gasteiger partial charge in [0.15, 0.2) is 36.3 Å². The molecule has 27 heteroatoms. The first-order chi connectivity index (χ1) is 28.7. The summed E-state index contributed by atoms with van der Waals surface area (Å²) < 4.78 is 107. The Morgan fingerprint density at radius 2 is 1.56 bits per heavy atom. The highest BCUT2D eigenvalue weighted by Gasteiger charge is 2.54. The van der Waals surface area contributed by atoms with Crippen LogP contribution >= 0.6 is 26.0 Å². The van der Waals surface area contributed by atoms with Crippen molar-refractivity contribution in [3.05, 3.63) is 105 Å². The number of benzene rings is 2. The molecule has 3 aliphatic heterocycles. The Bertz CT molecular complexity index is 2610. The van der Waals surface area contributed by atoms with E-state index in [1.54, 1.807) is 24.3 Å². The van der Waals surface area contributed by atoms with Crippen molar-refractivity contribution in [1.29, 1.82) is 0 Å². The zero-order chi connectivity index (χ0) is 42.3. The molecule has 3 aliphatic rings. The fourth-order valence-corrected chi connectivity index (χ4v) is 10.8. The number of imidazole rings is 1. The largest absolute Gasteiger partial charge is 0.756 e. The molecular weight excluding hydrogens is 876 g/mol. The summed E-state index contributed by atoms with van der Waals surface area (Å²) in [4.78, 5) is 64.2. The number of ether oxygens (including phenoxy) is 4. The quantitative estimate of drug-likeness (QED) is 0.114. The Hall–Kier alpha value is -4.91. The molecule has 0 saturated carbocycles. The number of methoxy groups -OCH3 is 1. The Labute approximate surface area is 346 Å². The normalized spacial score (nSPS) is 30.3. The van der Waals surface area contributed by atoms with Crippen LogP contribution in [0.2, 0.25) is 0 Å². The maximum absolute atomic E-state index is 16.4. The number of H-pyrrole nitrogens is 1. The van der Waals surface area contributed by atoms with Gasteiger partial charge in [0.1, 0.15) is 47.8 Å². The molecule has 0 radical (unpaired) electrons. The second-order valence-corrected chi connectivity index (χ2v) is 18.7. The van der Waals surface area contributed by atoms with Gasteiger partial charge in [0.05, 0.1) is 32.2 Å². The van der Waals surface area contributed by atoms with Gasteiger partial charge < -0.3 is 44.8 Å². The van der Waals surface area contributed by atoms with Crippen LogP contribution in [-0.2, 0) is 42.5 Å². The zero-order valence-corrected chi connectivity index (χ0v) is 34.4. The van der Waals surface area contributed by atoms with E-state index >= 15 is 8.78 Å². The average molecular weight is 913 g/mol. The van der Waals surface area contributed by atoms with Crippen molar-refractivity contribution in [3.63, 3.8) is 0 Å². The molecule has 61 heavy (non-hydrogen) atoms. The summed E-state index contributed by atoms with van der Waals surface area (Å²) in [6.45, 7) is -6.51. The highest BCUT2D eigenvalue weighted by molar-refractivity contribution is 8.54. The summed E-state index contributed by atoms with van der Waals surface area (Å²) in [5.41, 5.74) is 4.91. The minimum atomic E-state index is -5.48. The molecule has 2 aromatic carbocycles. The average Bonchev–Trinajstić information content (AvgIpc) is 3.89. The van der Waals surface area contributed by atoms with Gasteiger partial charge in [-0.1, -0.05) is 12.1 Å². The van der Waals surface area contributed by atoms with Crippen LogP contribution in [0.4, 0.5) is 14.6 Å². The minimum absolute atomic E-state index is 0. The van der Waals surface area contributed by atoms with Crippen LogP contribution in [0.5, 0.6) is 11.5 Å². The first-order valence-corrected chi connectivity index (χ1v) is 22.3. The fourth-order valence-electron chi connectivity index (χ4n) is 6.50. The fraction of sp³-hybridized carbons (Fsp3) is 0.353. The number of anilines is 1. The van der Waals surface area contributed by atoms with E-state index in [0.29, 0.717) is 27.3 Å². The van der Waals surface area contributed by atoms with Crippen LogP contribution in [0, 0.1) is 0 Å². The highest BCUT2D eigenvalue weighted by atomic mass is 32.7. The Kier molecular flexibility index (Phi) is 12.9. The molecule has 3 aromatic heterocycles. The first-order valence-electron chi connectivity index (χ1n) is 17.7. The number of nitrogens with zero attached hydrogens (tertiary/aromatic N) is 5. The number of hydrogen-bond acceptors (Lipinski definition) is 19. The van der Waals surface area contributed by atoms with Crippen LogP contribution < -0.4 is 37.5 Å². The molecular formula is C34H36F2N8O14P2S. The summed E-state index contributed by atoms with van der Waals surface area (Å²) in [5.74, 6) is -0.0619. The summed E-state index contributed by atoms with van der Waals surface area (Å²) in [6, 6.07) is 13.3. The smallest absolute Gasteiger partial charge is 0.389 e. The number of alkyl halides is 2. The van der Waals surface area contributed by atoms with Gasteiger partial charge in [0, 0.05) is 18.0 Å². The van der Waals surface area contributed by atoms with E-state index in [4.69, 9.17) is 42.8 Å². The Morgan fingerprint density at radius 1 is 0.918 bits per heavy atom. The number of rotatable bonds is 8. The maximum Gasteiger partial charge on any atom is 0.389 e. The molecule has 8 rings (SSSR count). The zero-order valence-electron chi connectivity index (χ0n) is 31.8. The van der Waals surface area contributed by atoms with Gasteiger partial charge in [-0.05, 0) is 53.3 Å². The van der Waals surface area contributed by atoms with E-state index in [1.807, 2.05) is 4.98 Å². The predicted molar refractivity (Wildman–Crippen MR) is 207 cm³/mol. The number of aromatic amines is 1. The summed E-state index contributed by atoms with van der Waals surface area (Å²) >= 11 is 0.573.